The largest absolute Gasteiger partial charge is 0.389 e. The second-order valence-corrected chi connectivity index (χ2v) is 4.31. The summed E-state index contributed by atoms with van der Waals surface area (Å²) in [5.41, 5.74) is 2.47. The third kappa shape index (κ3) is 2.56. The van der Waals surface area contributed by atoms with Crippen molar-refractivity contribution in [2.24, 2.45) is 0 Å². The number of rotatable bonds is 2. The van der Waals surface area contributed by atoms with Crippen LogP contribution in [-0.2, 0) is 6.54 Å². The first-order valence-corrected chi connectivity index (χ1v) is 5.29. The van der Waals surface area contributed by atoms with Gasteiger partial charge in [0, 0.05) is 19.6 Å². The summed E-state index contributed by atoms with van der Waals surface area (Å²) in [6.45, 7) is 3.99. The van der Waals surface area contributed by atoms with E-state index < -0.39 is 12.2 Å². The fourth-order valence-electron chi connectivity index (χ4n) is 1.93. The van der Waals surface area contributed by atoms with Crippen molar-refractivity contribution in [3.05, 3.63) is 35.4 Å². The van der Waals surface area contributed by atoms with Gasteiger partial charge in [-0.05, 0) is 12.5 Å². The Morgan fingerprint density at radius 2 is 1.67 bits per heavy atom. The standard InChI is InChI=1S/C12H17NO2/c1-9-2-4-10(5-3-9)6-13-7-11(14)12(15)8-13/h2-5,11-12,14-15H,6-8H2,1H3/t11-,12+. The van der Waals surface area contributed by atoms with Gasteiger partial charge in [0.25, 0.3) is 0 Å². The molecule has 3 heteroatoms. The molecule has 1 fully saturated rings. The van der Waals surface area contributed by atoms with Gasteiger partial charge in [-0.3, -0.25) is 4.90 Å². The number of nitrogens with zero attached hydrogens (tertiary/aromatic N) is 1. The first-order chi connectivity index (χ1) is 7.15. The summed E-state index contributed by atoms with van der Waals surface area (Å²) >= 11 is 0. The van der Waals surface area contributed by atoms with E-state index in [9.17, 15) is 10.2 Å². The number of aliphatic hydroxyl groups excluding tert-OH is 2. The van der Waals surface area contributed by atoms with Crippen LogP contribution < -0.4 is 0 Å². The van der Waals surface area contributed by atoms with E-state index in [-0.39, 0.29) is 0 Å². The number of aliphatic hydroxyl groups is 2. The van der Waals surface area contributed by atoms with Crippen LogP contribution in [0.15, 0.2) is 24.3 Å². The maximum atomic E-state index is 9.40. The van der Waals surface area contributed by atoms with E-state index in [1.165, 1.54) is 11.1 Å². The van der Waals surface area contributed by atoms with Crippen LogP contribution in [0.4, 0.5) is 0 Å². The molecule has 0 amide bonds. The van der Waals surface area contributed by atoms with E-state index in [4.69, 9.17) is 0 Å². The Balaban J connectivity index is 1.95. The van der Waals surface area contributed by atoms with Gasteiger partial charge < -0.3 is 10.2 Å². The lowest BCUT2D eigenvalue weighted by Gasteiger charge is -2.14. The molecule has 1 aliphatic heterocycles. The highest BCUT2D eigenvalue weighted by atomic mass is 16.3. The molecule has 1 aromatic rings. The monoisotopic (exact) mass is 207 g/mol. The number of likely N-dealkylation sites (tertiary alicyclic amines) is 1. The maximum absolute atomic E-state index is 9.40. The lowest BCUT2D eigenvalue weighted by molar-refractivity contribution is 0.0572. The molecule has 1 aromatic carbocycles. The van der Waals surface area contributed by atoms with E-state index in [0.29, 0.717) is 13.1 Å². The fourth-order valence-corrected chi connectivity index (χ4v) is 1.93. The van der Waals surface area contributed by atoms with E-state index in [1.807, 2.05) is 0 Å². The fraction of sp³-hybridized carbons (Fsp3) is 0.500. The molecule has 2 rings (SSSR count). The summed E-state index contributed by atoms with van der Waals surface area (Å²) in [4.78, 5) is 2.07. The zero-order valence-electron chi connectivity index (χ0n) is 8.93. The minimum atomic E-state index is -0.588. The normalized spacial score (nSPS) is 27.1. The van der Waals surface area contributed by atoms with Crippen molar-refractivity contribution in [1.82, 2.24) is 4.90 Å². The van der Waals surface area contributed by atoms with Crippen molar-refractivity contribution in [1.29, 1.82) is 0 Å². The van der Waals surface area contributed by atoms with E-state index in [2.05, 4.69) is 36.1 Å². The van der Waals surface area contributed by atoms with Crippen LogP contribution in [-0.4, -0.2) is 40.4 Å². The Kier molecular flexibility index (Phi) is 3.05. The van der Waals surface area contributed by atoms with Crippen LogP contribution in [0.2, 0.25) is 0 Å². The summed E-state index contributed by atoms with van der Waals surface area (Å²) in [6, 6.07) is 8.34. The number of hydrogen-bond donors (Lipinski definition) is 2. The Morgan fingerprint density at radius 3 is 2.20 bits per heavy atom. The van der Waals surface area contributed by atoms with Gasteiger partial charge in [0.1, 0.15) is 0 Å². The lowest BCUT2D eigenvalue weighted by atomic mass is 10.1. The lowest BCUT2D eigenvalue weighted by Crippen LogP contribution is -2.22. The Bertz CT molecular complexity index is 313. The van der Waals surface area contributed by atoms with Gasteiger partial charge in [0.05, 0.1) is 12.2 Å². The zero-order chi connectivity index (χ0) is 10.8. The first-order valence-electron chi connectivity index (χ1n) is 5.29. The van der Waals surface area contributed by atoms with E-state index >= 15 is 0 Å². The molecule has 3 nitrogen and oxygen atoms in total. The number of hydrogen-bond acceptors (Lipinski definition) is 3. The third-order valence-electron chi connectivity index (χ3n) is 2.86. The molecule has 2 N–H and O–H groups in total. The van der Waals surface area contributed by atoms with Gasteiger partial charge in [-0.15, -0.1) is 0 Å². The van der Waals surface area contributed by atoms with Crippen molar-refractivity contribution < 1.29 is 10.2 Å². The number of β-amino-alcohol motifs (C(OH)–C–C–N with tert-alkyl or cyclic N) is 2. The van der Waals surface area contributed by atoms with E-state index in [1.54, 1.807) is 0 Å². The van der Waals surface area contributed by atoms with Crippen molar-refractivity contribution in [2.75, 3.05) is 13.1 Å². The molecular formula is C12H17NO2. The second kappa shape index (κ2) is 4.31. The van der Waals surface area contributed by atoms with Gasteiger partial charge in [-0.25, -0.2) is 0 Å². The molecule has 0 unspecified atom stereocenters. The first kappa shape index (κ1) is 10.6. The Morgan fingerprint density at radius 1 is 1.13 bits per heavy atom. The topological polar surface area (TPSA) is 43.7 Å². The van der Waals surface area contributed by atoms with Crippen LogP contribution in [0.25, 0.3) is 0 Å². The Hall–Kier alpha value is -0.900. The highest BCUT2D eigenvalue weighted by molar-refractivity contribution is 5.21. The summed E-state index contributed by atoms with van der Waals surface area (Å²) in [5.74, 6) is 0. The van der Waals surface area contributed by atoms with E-state index in [0.717, 1.165) is 6.54 Å². The maximum Gasteiger partial charge on any atom is 0.0938 e. The van der Waals surface area contributed by atoms with Crippen molar-refractivity contribution >= 4 is 0 Å². The quantitative estimate of drug-likeness (QED) is 0.743. The molecule has 82 valence electrons. The molecule has 0 bridgehead atoms. The number of aryl methyl sites for hydroxylation is 1. The van der Waals surface area contributed by atoms with Crippen molar-refractivity contribution in [3.63, 3.8) is 0 Å². The minimum absolute atomic E-state index is 0.565. The smallest absolute Gasteiger partial charge is 0.0938 e. The van der Waals surface area contributed by atoms with Gasteiger partial charge >= 0.3 is 0 Å². The molecule has 2 atom stereocenters. The minimum Gasteiger partial charge on any atom is -0.389 e. The Labute approximate surface area is 90.0 Å². The highest BCUT2D eigenvalue weighted by Crippen LogP contribution is 2.14. The summed E-state index contributed by atoms with van der Waals surface area (Å²) < 4.78 is 0. The molecule has 0 aliphatic carbocycles. The van der Waals surface area contributed by atoms with Gasteiger partial charge in [-0.2, -0.15) is 0 Å². The van der Waals surface area contributed by atoms with Crippen molar-refractivity contribution in [3.8, 4) is 0 Å². The second-order valence-electron chi connectivity index (χ2n) is 4.31. The molecule has 0 radical (unpaired) electrons. The molecule has 1 aliphatic rings. The molecule has 1 heterocycles. The molecule has 15 heavy (non-hydrogen) atoms. The average Bonchev–Trinajstić information content (AvgIpc) is 2.50. The van der Waals surface area contributed by atoms with Crippen molar-refractivity contribution in [2.45, 2.75) is 25.7 Å². The van der Waals surface area contributed by atoms with Gasteiger partial charge in [0.15, 0.2) is 0 Å². The predicted octanol–water partition coefficient (Wildman–Crippen LogP) is 0.532. The van der Waals surface area contributed by atoms with Crippen LogP contribution in [0.5, 0.6) is 0 Å². The van der Waals surface area contributed by atoms with Crippen LogP contribution in [0.1, 0.15) is 11.1 Å². The van der Waals surface area contributed by atoms with Gasteiger partial charge in [0.2, 0.25) is 0 Å². The van der Waals surface area contributed by atoms with Crippen LogP contribution in [0, 0.1) is 6.92 Å². The van der Waals surface area contributed by atoms with Crippen LogP contribution in [0.3, 0.4) is 0 Å². The zero-order valence-corrected chi connectivity index (χ0v) is 8.93. The molecular weight excluding hydrogens is 190 g/mol. The highest BCUT2D eigenvalue weighted by Gasteiger charge is 2.29. The summed E-state index contributed by atoms with van der Waals surface area (Å²) in [6.07, 6.45) is -1.18. The third-order valence-corrected chi connectivity index (χ3v) is 2.86. The summed E-state index contributed by atoms with van der Waals surface area (Å²) in [5, 5.41) is 18.8. The SMILES string of the molecule is Cc1ccc(CN2C[C@@H](O)[C@@H](O)C2)cc1. The molecule has 0 spiro atoms. The molecule has 0 saturated carbocycles. The molecule has 1 saturated heterocycles. The molecule has 0 aromatic heterocycles. The number of benzene rings is 1. The summed E-state index contributed by atoms with van der Waals surface area (Å²) in [7, 11) is 0. The van der Waals surface area contributed by atoms with Gasteiger partial charge in [-0.1, -0.05) is 29.8 Å². The predicted molar refractivity (Wildman–Crippen MR) is 58.5 cm³/mol. The van der Waals surface area contributed by atoms with Crippen LogP contribution >= 0.6 is 0 Å². The average molecular weight is 207 g/mol.